The van der Waals surface area contributed by atoms with Gasteiger partial charge >= 0.3 is 0 Å². The number of halogens is 2. The molecule has 0 spiro atoms. The summed E-state index contributed by atoms with van der Waals surface area (Å²) in [4.78, 5) is 27.1. The summed E-state index contributed by atoms with van der Waals surface area (Å²) in [5.41, 5.74) is -0.255. The van der Waals surface area contributed by atoms with Crippen LogP contribution in [0, 0.1) is 5.92 Å². The second-order valence-corrected chi connectivity index (χ2v) is 8.57. The van der Waals surface area contributed by atoms with Crippen LogP contribution in [-0.4, -0.2) is 53.6 Å². The van der Waals surface area contributed by atoms with Gasteiger partial charge in [0.1, 0.15) is 11.8 Å². The Hall–Kier alpha value is -2.03. The van der Waals surface area contributed by atoms with E-state index in [1.54, 1.807) is 6.07 Å². The van der Waals surface area contributed by atoms with Crippen molar-refractivity contribution in [2.24, 2.45) is 5.92 Å². The zero-order chi connectivity index (χ0) is 20.5. The van der Waals surface area contributed by atoms with Gasteiger partial charge in [0.05, 0.1) is 13.2 Å². The Kier molecular flexibility index (Phi) is 5.74. The fraction of sp³-hybridized carbons (Fsp3) is 0.737. The van der Waals surface area contributed by atoms with Crippen LogP contribution in [0.15, 0.2) is 10.6 Å². The summed E-state index contributed by atoms with van der Waals surface area (Å²) in [6.45, 7) is 6.52. The first-order chi connectivity index (χ1) is 13.1. The monoisotopic (exact) mass is 399 g/mol. The molecular weight excluding hydrogens is 372 g/mol. The first-order valence-corrected chi connectivity index (χ1v) is 9.61. The topological polar surface area (TPSA) is 84.7 Å². The van der Waals surface area contributed by atoms with Crippen LogP contribution in [0.1, 0.15) is 52.2 Å². The predicted molar refractivity (Wildman–Crippen MR) is 97.1 cm³/mol. The normalized spacial score (nSPS) is 23.5. The van der Waals surface area contributed by atoms with Gasteiger partial charge in [-0.3, -0.25) is 9.59 Å². The third-order valence-electron chi connectivity index (χ3n) is 5.28. The standard InChI is InChI=1S/C19H27F2N3O4/c1-18(2,3)14-10-15(23-28-14)22-16(25)13-11-27-9-8-24(13)17(26)12-4-6-19(20,21)7-5-12/h10,12-13H,4-9,11H2,1-3H3,(H,22,23,25). The van der Waals surface area contributed by atoms with E-state index >= 15 is 0 Å². The van der Waals surface area contributed by atoms with Gasteiger partial charge in [0.2, 0.25) is 11.8 Å². The Bertz CT molecular complexity index is 719. The molecule has 28 heavy (non-hydrogen) atoms. The molecule has 9 heteroatoms. The van der Waals surface area contributed by atoms with Crippen LogP contribution in [0.2, 0.25) is 0 Å². The molecule has 2 heterocycles. The number of ether oxygens (including phenoxy) is 1. The van der Waals surface area contributed by atoms with Crippen LogP contribution < -0.4 is 5.32 Å². The molecule has 2 amide bonds. The van der Waals surface area contributed by atoms with Gasteiger partial charge in [-0.25, -0.2) is 8.78 Å². The fourth-order valence-electron chi connectivity index (χ4n) is 3.50. The fourth-order valence-corrected chi connectivity index (χ4v) is 3.50. The van der Waals surface area contributed by atoms with E-state index < -0.39 is 23.8 Å². The van der Waals surface area contributed by atoms with Gasteiger partial charge in [0, 0.05) is 36.8 Å². The molecule has 1 saturated carbocycles. The molecule has 2 fully saturated rings. The molecule has 1 aliphatic carbocycles. The van der Waals surface area contributed by atoms with Gasteiger partial charge in [-0.2, -0.15) is 0 Å². The van der Waals surface area contributed by atoms with Crippen LogP contribution >= 0.6 is 0 Å². The van der Waals surface area contributed by atoms with Gasteiger partial charge < -0.3 is 19.5 Å². The lowest BCUT2D eigenvalue weighted by atomic mass is 9.85. The number of carbonyl (C=O) groups excluding carboxylic acids is 2. The number of rotatable bonds is 3. The Morgan fingerprint density at radius 2 is 1.96 bits per heavy atom. The molecule has 2 aliphatic rings. The molecule has 3 rings (SSSR count). The molecule has 7 nitrogen and oxygen atoms in total. The number of nitrogens with one attached hydrogen (secondary N) is 1. The van der Waals surface area contributed by atoms with Crippen molar-refractivity contribution in [2.45, 2.75) is 63.8 Å². The minimum Gasteiger partial charge on any atom is -0.377 e. The largest absolute Gasteiger partial charge is 0.377 e. The van der Waals surface area contributed by atoms with Gasteiger partial charge in [0.15, 0.2) is 5.82 Å². The maximum absolute atomic E-state index is 13.4. The van der Waals surface area contributed by atoms with Crippen LogP contribution in [0.4, 0.5) is 14.6 Å². The van der Waals surface area contributed by atoms with Crippen molar-refractivity contribution in [1.82, 2.24) is 10.1 Å². The van der Waals surface area contributed by atoms with Crippen molar-refractivity contribution in [3.05, 3.63) is 11.8 Å². The SMILES string of the molecule is CC(C)(C)c1cc(NC(=O)C2COCCN2C(=O)C2CCC(F)(F)CC2)no1. The summed E-state index contributed by atoms with van der Waals surface area (Å²) < 4.78 is 37.4. The van der Waals surface area contributed by atoms with E-state index in [0.29, 0.717) is 12.4 Å². The number of morpholine rings is 1. The second kappa shape index (κ2) is 7.77. The Morgan fingerprint density at radius 1 is 1.29 bits per heavy atom. The number of carbonyl (C=O) groups is 2. The first kappa shape index (κ1) is 20.7. The molecule has 0 aromatic carbocycles. The smallest absolute Gasteiger partial charge is 0.250 e. The maximum Gasteiger partial charge on any atom is 0.250 e. The van der Waals surface area contributed by atoms with Crippen LogP contribution in [0.5, 0.6) is 0 Å². The zero-order valence-corrected chi connectivity index (χ0v) is 16.5. The number of alkyl halides is 2. The lowest BCUT2D eigenvalue weighted by Crippen LogP contribution is -2.56. The summed E-state index contributed by atoms with van der Waals surface area (Å²) in [6, 6.07) is 0.829. The summed E-state index contributed by atoms with van der Waals surface area (Å²) >= 11 is 0. The van der Waals surface area contributed by atoms with Crippen LogP contribution in [-0.2, 0) is 19.7 Å². The molecule has 1 atom stereocenters. The van der Waals surface area contributed by atoms with Gasteiger partial charge in [0.25, 0.3) is 5.91 Å². The molecule has 0 radical (unpaired) electrons. The zero-order valence-electron chi connectivity index (χ0n) is 16.5. The van der Waals surface area contributed by atoms with E-state index in [9.17, 15) is 18.4 Å². The lowest BCUT2D eigenvalue weighted by Gasteiger charge is -2.38. The van der Waals surface area contributed by atoms with E-state index in [1.807, 2.05) is 20.8 Å². The number of anilines is 1. The van der Waals surface area contributed by atoms with E-state index in [-0.39, 0.29) is 56.0 Å². The predicted octanol–water partition coefficient (Wildman–Crippen LogP) is 2.96. The van der Waals surface area contributed by atoms with Crippen molar-refractivity contribution >= 4 is 17.6 Å². The maximum atomic E-state index is 13.4. The van der Waals surface area contributed by atoms with Gasteiger partial charge in [-0.1, -0.05) is 25.9 Å². The molecule has 1 aromatic heterocycles. The minimum atomic E-state index is -2.70. The molecule has 1 aliphatic heterocycles. The molecular formula is C19H27F2N3O4. The van der Waals surface area contributed by atoms with Crippen molar-refractivity contribution < 1.29 is 27.6 Å². The molecule has 1 saturated heterocycles. The number of hydrogen-bond acceptors (Lipinski definition) is 5. The molecule has 1 N–H and O–H groups in total. The highest BCUT2D eigenvalue weighted by Gasteiger charge is 2.41. The molecule has 1 aromatic rings. The number of hydrogen-bond donors (Lipinski definition) is 1. The highest BCUT2D eigenvalue weighted by Crippen LogP contribution is 2.37. The Balaban J connectivity index is 1.66. The third kappa shape index (κ3) is 4.68. The summed E-state index contributed by atoms with van der Waals surface area (Å²) in [5, 5.41) is 6.53. The van der Waals surface area contributed by atoms with E-state index in [1.165, 1.54) is 4.90 Å². The summed E-state index contributed by atoms with van der Waals surface area (Å²) in [6.07, 6.45) is -0.316. The number of amides is 2. The minimum absolute atomic E-state index is 0.0600. The van der Waals surface area contributed by atoms with E-state index in [4.69, 9.17) is 9.26 Å². The van der Waals surface area contributed by atoms with Crippen molar-refractivity contribution in [1.29, 1.82) is 0 Å². The van der Waals surface area contributed by atoms with Crippen LogP contribution in [0.25, 0.3) is 0 Å². The van der Waals surface area contributed by atoms with Crippen molar-refractivity contribution in [3.63, 3.8) is 0 Å². The average molecular weight is 399 g/mol. The van der Waals surface area contributed by atoms with Crippen LogP contribution in [0.3, 0.4) is 0 Å². The van der Waals surface area contributed by atoms with Crippen molar-refractivity contribution in [2.75, 3.05) is 25.1 Å². The Morgan fingerprint density at radius 3 is 2.57 bits per heavy atom. The van der Waals surface area contributed by atoms with E-state index in [0.717, 1.165) is 0 Å². The number of nitrogens with zero attached hydrogens (tertiary/aromatic N) is 2. The first-order valence-electron chi connectivity index (χ1n) is 9.61. The molecule has 156 valence electrons. The molecule has 1 unspecified atom stereocenters. The quantitative estimate of drug-likeness (QED) is 0.845. The van der Waals surface area contributed by atoms with Gasteiger partial charge in [-0.05, 0) is 12.8 Å². The Labute approximate surface area is 162 Å². The van der Waals surface area contributed by atoms with E-state index in [2.05, 4.69) is 10.5 Å². The van der Waals surface area contributed by atoms with Crippen molar-refractivity contribution in [3.8, 4) is 0 Å². The lowest BCUT2D eigenvalue weighted by molar-refractivity contribution is -0.152. The van der Waals surface area contributed by atoms with Gasteiger partial charge in [-0.15, -0.1) is 0 Å². The second-order valence-electron chi connectivity index (χ2n) is 8.57. The molecule has 0 bridgehead atoms. The third-order valence-corrected chi connectivity index (χ3v) is 5.28. The highest BCUT2D eigenvalue weighted by atomic mass is 19.3. The summed E-state index contributed by atoms with van der Waals surface area (Å²) in [7, 11) is 0. The average Bonchev–Trinajstić information content (AvgIpc) is 3.10. The highest BCUT2D eigenvalue weighted by molar-refractivity contribution is 5.97. The summed E-state index contributed by atoms with van der Waals surface area (Å²) in [5.74, 6) is -2.97. The number of aromatic nitrogens is 1.